The van der Waals surface area contributed by atoms with Crippen molar-refractivity contribution in [3.63, 3.8) is 0 Å². The Bertz CT molecular complexity index is 938. The van der Waals surface area contributed by atoms with Crippen LogP contribution in [-0.4, -0.2) is 74.9 Å². The fourth-order valence-electron chi connectivity index (χ4n) is 6.27. The second kappa shape index (κ2) is 37.3. The van der Waals surface area contributed by atoms with Gasteiger partial charge in [-0.1, -0.05) is 180 Å². The number of nitrogens with zero attached hydrogens (tertiary/aromatic N) is 1. The van der Waals surface area contributed by atoms with E-state index in [0.29, 0.717) is 17.4 Å². The van der Waals surface area contributed by atoms with Crippen molar-refractivity contribution in [3.05, 3.63) is 12.2 Å². The zero-order chi connectivity index (χ0) is 40.0. The first-order chi connectivity index (χ1) is 26.0. The minimum atomic E-state index is -4.38. The van der Waals surface area contributed by atoms with E-state index in [4.69, 9.17) is 18.5 Å². The average molecular weight is 789 g/mol. The summed E-state index contributed by atoms with van der Waals surface area (Å²) in [7, 11) is 1.47. The number of carbonyl (C=O) groups is 2. The molecule has 0 spiro atoms. The fourth-order valence-corrected chi connectivity index (χ4v) is 7.01. The summed E-state index contributed by atoms with van der Waals surface area (Å²) in [6, 6.07) is 0. The highest BCUT2D eigenvalue weighted by Crippen LogP contribution is 2.43. The van der Waals surface area contributed by atoms with Gasteiger partial charge in [-0.2, -0.15) is 0 Å². The maximum Gasteiger partial charge on any atom is 0.472 e. The molecule has 9 nitrogen and oxygen atoms in total. The molecule has 0 bridgehead atoms. The molecule has 0 aliphatic carbocycles. The van der Waals surface area contributed by atoms with E-state index in [0.717, 1.165) is 32.1 Å². The maximum atomic E-state index is 12.7. The standard InChI is InChI=1S/C44H86NO8P/c1-6-8-10-12-14-16-18-20-22-24-26-28-30-32-34-36-43(46)50-40-42(41-52-54(48,49)51-39-38-45(3,4)5)53-44(47)37-35-33-31-29-27-25-23-21-19-17-15-13-11-9-7-2/h31,33,42H,6-30,32,34-41H2,1-5H3/p+1/b33-31-/t42-/m1/s1. The monoisotopic (exact) mass is 789 g/mol. The van der Waals surface area contributed by atoms with Gasteiger partial charge >= 0.3 is 19.8 Å². The van der Waals surface area contributed by atoms with Crippen LogP contribution in [-0.2, 0) is 32.7 Å². The molecule has 2 atom stereocenters. The summed E-state index contributed by atoms with van der Waals surface area (Å²) in [5.41, 5.74) is 0. The summed E-state index contributed by atoms with van der Waals surface area (Å²) in [5.74, 6) is -0.845. The van der Waals surface area contributed by atoms with Crippen molar-refractivity contribution in [2.24, 2.45) is 0 Å². The van der Waals surface area contributed by atoms with E-state index in [2.05, 4.69) is 19.9 Å². The number of likely N-dealkylation sites (N-methyl/N-ethyl adjacent to an activating group) is 1. The predicted octanol–water partition coefficient (Wildman–Crippen LogP) is 12.6. The number of ether oxygens (including phenoxy) is 2. The van der Waals surface area contributed by atoms with Gasteiger partial charge in [0.1, 0.15) is 19.8 Å². The largest absolute Gasteiger partial charge is 0.472 e. The number of quaternary nitrogens is 1. The van der Waals surface area contributed by atoms with Gasteiger partial charge in [0, 0.05) is 12.8 Å². The topological polar surface area (TPSA) is 108 Å². The molecular formula is C44H87NO8P+. The Labute approximate surface area is 333 Å². The van der Waals surface area contributed by atoms with Crippen LogP contribution in [0.3, 0.4) is 0 Å². The second-order valence-corrected chi connectivity index (χ2v) is 17.9. The van der Waals surface area contributed by atoms with Gasteiger partial charge in [0.15, 0.2) is 6.10 Å². The molecular weight excluding hydrogens is 701 g/mol. The molecule has 0 aromatic heterocycles. The van der Waals surface area contributed by atoms with Crippen LogP contribution in [0.4, 0.5) is 0 Å². The molecule has 0 saturated heterocycles. The Balaban J connectivity index is 4.36. The van der Waals surface area contributed by atoms with Gasteiger partial charge in [-0.3, -0.25) is 18.6 Å². The van der Waals surface area contributed by atoms with E-state index in [1.165, 1.54) is 141 Å². The van der Waals surface area contributed by atoms with Crippen molar-refractivity contribution in [1.29, 1.82) is 0 Å². The van der Waals surface area contributed by atoms with Gasteiger partial charge < -0.3 is 18.9 Å². The van der Waals surface area contributed by atoms with Gasteiger partial charge in [0.25, 0.3) is 0 Å². The maximum absolute atomic E-state index is 12.7. The molecule has 0 saturated carbocycles. The lowest BCUT2D eigenvalue weighted by molar-refractivity contribution is -0.870. The summed E-state index contributed by atoms with van der Waals surface area (Å²) in [4.78, 5) is 35.3. The van der Waals surface area contributed by atoms with Crippen LogP contribution in [0.1, 0.15) is 206 Å². The minimum Gasteiger partial charge on any atom is -0.462 e. The van der Waals surface area contributed by atoms with E-state index in [1.807, 2.05) is 27.2 Å². The Kier molecular flexibility index (Phi) is 36.5. The normalized spacial score (nSPS) is 13.7. The molecule has 10 heteroatoms. The Morgan fingerprint density at radius 1 is 0.556 bits per heavy atom. The lowest BCUT2D eigenvalue weighted by atomic mass is 10.0. The highest BCUT2D eigenvalue weighted by molar-refractivity contribution is 7.47. The third kappa shape index (κ3) is 40.4. The quantitative estimate of drug-likeness (QED) is 0.0214. The number of allylic oxidation sites excluding steroid dienone is 2. The molecule has 0 rings (SSSR count). The number of phosphoric ester groups is 1. The number of hydrogen-bond donors (Lipinski definition) is 1. The molecule has 0 fully saturated rings. The molecule has 0 aromatic rings. The fraction of sp³-hybridized carbons (Fsp3) is 0.909. The van der Waals surface area contributed by atoms with E-state index in [9.17, 15) is 19.0 Å². The van der Waals surface area contributed by atoms with Gasteiger partial charge in [-0.05, 0) is 25.7 Å². The summed E-state index contributed by atoms with van der Waals surface area (Å²) >= 11 is 0. The van der Waals surface area contributed by atoms with E-state index in [-0.39, 0.29) is 32.0 Å². The van der Waals surface area contributed by atoms with E-state index < -0.39 is 26.5 Å². The third-order valence-electron chi connectivity index (χ3n) is 9.81. The summed E-state index contributed by atoms with van der Waals surface area (Å²) < 4.78 is 34.3. The highest BCUT2D eigenvalue weighted by atomic mass is 31.2. The SMILES string of the molecule is CCCCCCCCCCCCC/C=C\CCC(=O)O[C@H](COC(=O)CCCCCCCCCCCCCCCCC)COP(=O)(O)OCC[N+](C)(C)C. The van der Waals surface area contributed by atoms with Crippen molar-refractivity contribution >= 4 is 19.8 Å². The number of esters is 2. The van der Waals surface area contributed by atoms with Crippen LogP contribution < -0.4 is 0 Å². The number of carbonyl (C=O) groups excluding carboxylic acids is 2. The van der Waals surface area contributed by atoms with Crippen LogP contribution in [0.5, 0.6) is 0 Å². The zero-order valence-electron chi connectivity index (χ0n) is 36.0. The molecule has 1 unspecified atom stereocenters. The van der Waals surface area contributed by atoms with E-state index in [1.54, 1.807) is 0 Å². The molecule has 0 aliphatic heterocycles. The first kappa shape index (κ1) is 52.8. The van der Waals surface area contributed by atoms with E-state index >= 15 is 0 Å². The summed E-state index contributed by atoms with van der Waals surface area (Å²) in [6.07, 6.45) is 38.4. The Morgan fingerprint density at radius 3 is 1.44 bits per heavy atom. The molecule has 0 amide bonds. The summed E-state index contributed by atoms with van der Waals surface area (Å²) in [5, 5.41) is 0. The van der Waals surface area contributed by atoms with Crippen molar-refractivity contribution < 1.29 is 42.1 Å². The van der Waals surface area contributed by atoms with Crippen molar-refractivity contribution in [3.8, 4) is 0 Å². The minimum absolute atomic E-state index is 0.0293. The van der Waals surface area contributed by atoms with Crippen LogP contribution in [0.25, 0.3) is 0 Å². The van der Waals surface area contributed by atoms with Crippen LogP contribution in [0, 0.1) is 0 Å². The van der Waals surface area contributed by atoms with Gasteiger partial charge in [0.05, 0.1) is 27.7 Å². The number of unbranched alkanes of at least 4 members (excludes halogenated alkanes) is 25. The number of hydrogen-bond acceptors (Lipinski definition) is 7. The molecule has 1 N–H and O–H groups in total. The number of rotatable bonds is 41. The zero-order valence-corrected chi connectivity index (χ0v) is 36.9. The smallest absolute Gasteiger partial charge is 0.462 e. The Hall–Kier alpha value is -1.25. The van der Waals surface area contributed by atoms with Crippen molar-refractivity contribution in [2.45, 2.75) is 213 Å². The molecule has 320 valence electrons. The first-order valence-electron chi connectivity index (χ1n) is 22.4. The molecule has 0 heterocycles. The van der Waals surface area contributed by atoms with Crippen molar-refractivity contribution in [1.82, 2.24) is 0 Å². The van der Waals surface area contributed by atoms with Crippen LogP contribution in [0.15, 0.2) is 12.2 Å². The molecule has 54 heavy (non-hydrogen) atoms. The molecule has 0 aliphatic rings. The first-order valence-corrected chi connectivity index (χ1v) is 23.9. The van der Waals surface area contributed by atoms with Crippen LogP contribution >= 0.6 is 7.82 Å². The average Bonchev–Trinajstić information content (AvgIpc) is 3.12. The van der Waals surface area contributed by atoms with Gasteiger partial charge in [-0.25, -0.2) is 4.57 Å². The second-order valence-electron chi connectivity index (χ2n) is 16.4. The lowest BCUT2D eigenvalue weighted by Crippen LogP contribution is -2.37. The predicted molar refractivity (Wildman–Crippen MR) is 224 cm³/mol. The Morgan fingerprint density at radius 2 is 0.981 bits per heavy atom. The van der Waals surface area contributed by atoms with Crippen molar-refractivity contribution in [2.75, 3.05) is 47.5 Å². The van der Waals surface area contributed by atoms with Crippen LogP contribution in [0.2, 0.25) is 0 Å². The van der Waals surface area contributed by atoms with Gasteiger partial charge in [0.2, 0.25) is 0 Å². The highest BCUT2D eigenvalue weighted by Gasteiger charge is 2.27. The molecule has 0 radical (unpaired) electrons. The number of phosphoric acid groups is 1. The lowest BCUT2D eigenvalue weighted by Gasteiger charge is -2.24. The third-order valence-corrected chi connectivity index (χ3v) is 10.8. The molecule has 0 aromatic carbocycles. The summed E-state index contributed by atoms with van der Waals surface area (Å²) in [6.45, 7) is 4.41. The van der Waals surface area contributed by atoms with Gasteiger partial charge in [-0.15, -0.1) is 0 Å².